The molecule has 0 bridgehead atoms. The Kier molecular flexibility index (Phi) is 7.32. The first-order valence-corrected chi connectivity index (χ1v) is 8.37. The number of hydrogen-bond acceptors (Lipinski definition) is 4. The quantitative estimate of drug-likeness (QED) is 0.561. The van der Waals surface area contributed by atoms with E-state index in [4.69, 9.17) is 0 Å². The summed E-state index contributed by atoms with van der Waals surface area (Å²) < 4.78 is 0. The maximum absolute atomic E-state index is 12.1. The van der Waals surface area contributed by atoms with Crippen molar-refractivity contribution in [2.45, 2.75) is 19.1 Å². The number of amides is 1. The SMILES string of the molecule is C=C/C=C\C(=N/C=C)C(=O)NC[C@@H](O)CN1CCc2ccccc2C1. The highest BCUT2D eigenvalue weighted by Gasteiger charge is 2.19. The predicted octanol–water partition coefficient (Wildman–Crippen LogP) is 1.85. The molecule has 0 radical (unpaired) electrons. The summed E-state index contributed by atoms with van der Waals surface area (Å²) in [5, 5.41) is 12.9. The van der Waals surface area contributed by atoms with Crippen LogP contribution in [0.2, 0.25) is 0 Å². The van der Waals surface area contributed by atoms with E-state index < -0.39 is 6.10 Å². The standard InChI is InChI=1S/C20H25N3O2/c1-3-5-10-19(21-4-2)20(25)22-13-18(24)15-23-12-11-16-8-6-7-9-17(16)14-23/h3-10,18,24H,1-2,11-15H2,(H,22,25)/b10-5-,21-19+/t18-/m1/s1. The van der Waals surface area contributed by atoms with Crippen LogP contribution in [-0.2, 0) is 17.8 Å². The fourth-order valence-corrected chi connectivity index (χ4v) is 2.81. The zero-order chi connectivity index (χ0) is 18.1. The predicted molar refractivity (Wildman–Crippen MR) is 101 cm³/mol. The van der Waals surface area contributed by atoms with Gasteiger partial charge in [0.05, 0.1) is 6.10 Å². The molecule has 1 heterocycles. The van der Waals surface area contributed by atoms with Crippen LogP contribution in [0.1, 0.15) is 11.1 Å². The fourth-order valence-electron chi connectivity index (χ4n) is 2.81. The smallest absolute Gasteiger partial charge is 0.269 e. The first-order chi connectivity index (χ1) is 12.1. The number of fused-ring (bicyclic) bond motifs is 1. The highest BCUT2D eigenvalue weighted by molar-refractivity contribution is 6.43. The van der Waals surface area contributed by atoms with Crippen LogP contribution in [0.3, 0.4) is 0 Å². The van der Waals surface area contributed by atoms with Crippen molar-refractivity contribution in [3.8, 4) is 0 Å². The topological polar surface area (TPSA) is 64.9 Å². The van der Waals surface area contributed by atoms with Gasteiger partial charge < -0.3 is 10.4 Å². The number of nitrogens with one attached hydrogen (secondary N) is 1. The number of benzene rings is 1. The fraction of sp³-hybridized carbons (Fsp3) is 0.300. The van der Waals surface area contributed by atoms with Crippen molar-refractivity contribution in [1.29, 1.82) is 0 Å². The summed E-state index contributed by atoms with van der Waals surface area (Å²) in [6.45, 7) is 9.49. The van der Waals surface area contributed by atoms with Crippen LogP contribution in [0, 0.1) is 0 Å². The van der Waals surface area contributed by atoms with Crippen LogP contribution in [0.4, 0.5) is 0 Å². The first kappa shape index (κ1) is 18.8. The zero-order valence-electron chi connectivity index (χ0n) is 14.4. The lowest BCUT2D eigenvalue weighted by Gasteiger charge is -2.30. The summed E-state index contributed by atoms with van der Waals surface area (Å²) in [5.74, 6) is -0.346. The number of β-amino-alcohol motifs (C(OH)–C–C–N with tert-alkyl or cyclic N) is 1. The maximum atomic E-state index is 12.1. The lowest BCUT2D eigenvalue weighted by atomic mass is 10.00. The van der Waals surface area contributed by atoms with Crippen molar-refractivity contribution < 1.29 is 9.90 Å². The molecule has 0 spiro atoms. The molecule has 0 unspecified atom stereocenters. The Morgan fingerprint density at radius 2 is 2.12 bits per heavy atom. The Labute approximate surface area is 149 Å². The van der Waals surface area contributed by atoms with Crippen LogP contribution in [0.15, 0.2) is 66.8 Å². The van der Waals surface area contributed by atoms with E-state index in [9.17, 15) is 9.90 Å². The Bertz CT molecular complexity index is 679. The molecule has 1 atom stereocenters. The highest BCUT2D eigenvalue weighted by atomic mass is 16.3. The maximum Gasteiger partial charge on any atom is 0.269 e. The number of aliphatic imine (C=N–C) groups is 1. The molecule has 5 heteroatoms. The zero-order valence-corrected chi connectivity index (χ0v) is 14.4. The molecular weight excluding hydrogens is 314 g/mol. The number of nitrogens with zero attached hydrogens (tertiary/aromatic N) is 2. The minimum Gasteiger partial charge on any atom is -0.390 e. The van der Waals surface area contributed by atoms with Gasteiger partial charge >= 0.3 is 0 Å². The van der Waals surface area contributed by atoms with Crippen molar-refractivity contribution in [2.24, 2.45) is 4.99 Å². The minimum atomic E-state index is -0.637. The molecule has 2 N–H and O–H groups in total. The molecule has 25 heavy (non-hydrogen) atoms. The second-order valence-electron chi connectivity index (χ2n) is 5.91. The van der Waals surface area contributed by atoms with E-state index in [2.05, 4.69) is 46.6 Å². The van der Waals surface area contributed by atoms with Gasteiger partial charge in [-0.2, -0.15) is 0 Å². The molecule has 0 saturated carbocycles. The van der Waals surface area contributed by atoms with Crippen LogP contribution in [0.5, 0.6) is 0 Å². The van der Waals surface area contributed by atoms with E-state index >= 15 is 0 Å². The summed E-state index contributed by atoms with van der Waals surface area (Å²) in [6.07, 6.45) is 6.40. The Morgan fingerprint density at radius 1 is 1.36 bits per heavy atom. The average molecular weight is 339 g/mol. The molecule has 1 aromatic carbocycles. The van der Waals surface area contributed by atoms with E-state index in [1.165, 1.54) is 17.3 Å². The third-order valence-corrected chi connectivity index (χ3v) is 4.03. The number of aliphatic hydroxyl groups is 1. The van der Waals surface area contributed by atoms with Gasteiger partial charge in [-0.3, -0.25) is 14.7 Å². The number of carbonyl (C=O) groups excluding carboxylic acids is 1. The van der Waals surface area contributed by atoms with Crippen LogP contribution < -0.4 is 5.32 Å². The summed E-state index contributed by atoms with van der Waals surface area (Å²) in [4.78, 5) is 18.2. The van der Waals surface area contributed by atoms with Gasteiger partial charge in [-0.05, 0) is 23.6 Å². The summed E-state index contributed by atoms with van der Waals surface area (Å²) in [7, 11) is 0. The van der Waals surface area contributed by atoms with Crippen LogP contribution in [-0.4, -0.2) is 47.4 Å². The second kappa shape index (κ2) is 9.71. The molecule has 132 valence electrons. The summed E-state index contributed by atoms with van der Waals surface area (Å²) >= 11 is 0. The number of allylic oxidation sites excluding steroid dienone is 2. The van der Waals surface area contributed by atoms with Crippen molar-refractivity contribution in [3.05, 3.63) is 73.0 Å². The Morgan fingerprint density at radius 3 is 2.84 bits per heavy atom. The van der Waals surface area contributed by atoms with Crippen molar-refractivity contribution in [2.75, 3.05) is 19.6 Å². The van der Waals surface area contributed by atoms with Crippen LogP contribution >= 0.6 is 0 Å². The molecule has 0 aliphatic carbocycles. The molecule has 1 aromatic rings. The summed E-state index contributed by atoms with van der Waals surface area (Å²) in [6, 6.07) is 8.37. The molecule has 0 fully saturated rings. The normalized spacial score (nSPS) is 16.3. The van der Waals surface area contributed by atoms with Crippen molar-refractivity contribution in [1.82, 2.24) is 10.2 Å². The van der Waals surface area contributed by atoms with Gasteiger partial charge in [0.15, 0.2) is 0 Å². The van der Waals surface area contributed by atoms with Gasteiger partial charge in [0.1, 0.15) is 5.71 Å². The van der Waals surface area contributed by atoms with Crippen molar-refractivity contribution >= 4 is 11.6 Å². The molecule has 0 aromatic heterocycles. The van der Waals surface area contributed by atoms with E-state index in [0.717, 1.165) is 19.5 Å². The van der Waals surface area contributed by atoms with Gasteiger partial charge in [0, 0.05) is 32.4 Å². The first-order valence-electron chi connectivity index (χ1n) is 8.37. The van der Waals surface area contributed by atoms with E-state index in [0.29, 0.717) is 6.54 Å². The number of hydrogen-bond donors (Lipinski definition) is 2. The lowest BCUT2D eigenvalue weighted by molar-refractivity contribution is -0.115. The molecule has 1 aliphatic heterocycles. The molecule has 5 nitrogen and oxygen atoms in total. The average Bonchev–Trinajstić information content (AvgIpc) is 2.63. The molecule has 1 aliphatic rings. The highest BCUT2D eigenvalue weighted by Crippen LogP contribution is 2.18. The van der Waals surface area contributed by atoms with Gasteiger partial charge in [-0.25, -0.2) is 0 Å². The van der Waals surface area contributed by atoms with Crippen molar-refractivity contribution in [3.63, 3.8) is 0 Å². The third kappa shape index (κ3) is 5.81. The third-order valence-electron chi connectivity index (χ3n) is 4.03. The lowest BCUT2D eigenvalue weighted by Crippen LogP contribution is -2.43. The molecule has 1 amide bonds. The van der Waals surface area contributed by atoms with Crippen LogP contribution in [0.25, 0.3) is 0 Å². The van der Waals surface area contributed by atoms with Gasteiger partial charge in [0.25, 0.3) is 5.91 Å². The number of rotatable bonds is 8. The van der Waals surface area contributed by atoms with E-state index in [1.54, 1.807) is 18.2 Å². The minimum absolute atomic E-state index is 0.176. The van der Waals surface area contributed by atoms with Gasteiger partial charge in [-0.15, -0.1) is 0 Å². The Hall–Kier alpha value is -2.50. The van der Waals surface area contributed by atoms with E-state index in [1.807, 2.05) is 6.07 Å². The number of carbonyl (C=O) groups is 1. The monoisotopic (exact) mass is 339 g/mol. The molecule has 0 saturated heterocycles. The number of aliphatic hydroxyl groups excluding tert-OH is 1. The Balaban J connectivity index is 1.82. The van der Waals surface area contributed by atoms with Gasteiger partial charge in [0.2, 0.25) is 0 Å². The molecular formula is C20H25N3O2. The second-order valence-corrected chi connectivity index (χ2v) is 5.91. The molecule has 2 rings (SSSR count). The summed E-state index contributed by atoms with van der Waals surface area (Å²) in [5.41, 5.74) is 2.91. The largest absolute Gasteiger partial charge is 0.390 e. The van der Waals surface area contributed by atoms with Gasteiger partial charge in [-0.1, -0.05) is 49.6 Å². The van der Waals surface area contributed by atoms with E-state index in [-0.39, 0.29) is 18.2 Å².